The highest BCUT2D eigenvalue weighted by Crippen LogP contribution is 2.33. The van der Waals surface area contributed by atoms with Gasteiger partial charge >= 0.3 is 6.18 Å². The lowest BCUT2D eigenvalue weighted by Crippen LogP contribution is -2.49. The molecule has 1 amide bonds. The van der Waals surface area contributed by atoms with E-state index < -0.39 is 11.7 Å². The molecule has 0 bridgehead atoms. The quantitative estimate of drug-likeness (QED) is 0.761. The Morgan fingerprint density at radius 3 is 2.46 bits per heavy atom. The van der Waals surface area contributed by atoms with Crippen molar-refractivity contribution in [2.75, 3.05) is 31.1 Å². The molecule has 28 heavy (non-hydrogen) atoms. The van der Waals surface area contributed by atoms with Gasteiger partial charge in [0.15, 0.2) is 0 Å². The molecule has 2 aromatic rings. The molecule has 1 aliphatic heterocycles. The Bertz CT molecular complexity index is 842. The van der Waals surface area contributed by atoms with Crippen LogP contribution >= 0.6 is 11.6 Å². The molecule has 0 saturated carbocycles. The highest BCUT2D eigenvalue weighted by Gasteiger charge is 2.32. The SMILES string of the molecule is Cc1noc(C)c1CCC(=O)N1CCN(c2ncc(C(F)(F)F)cc2Cl)CC1. The molecule has 0 unspecified atom stereocenters. The number of carbonyl (C=O) groups is 1. The monoisotopic (exact) mass is 416 g/mol. The summed E-state index contributed by atoms with van der Waals surface area (Å²) in [5.41, 5.74) is 0.861. The largest absolute Gasteiger partial charge is 0.417 e. The van der Waals surface area contributed by atoms with Crippen LogP contribution in [0.4, 0.5) is 19.0 Å². The fraction of sp³-hybridized carbons (Fsp3) is 0.500. The molecule has 2 aromatic heterocycles. The van der Waals surface area contributed by atoms with Crippen molar-refractivity contribution in [1.29, 1.82) is 0 Å². The van der Waals surface area contributed by atoms with Crippen molar-refractivity contribution in [3.8, 4) is 0 Å². The Balaban J connectivity index is 1.56. The average molecular weight is 417 g/mol. The number of alkyl halides is 3. The van der Waals surface area contributed by atoms with Gasteiger partial charge in [-0.05, 0) is 26.3 Å². The highest BCUT2D eigenvalue weighted by molar-refractivity contribution is 6.33. The van der Waals surface area contributed by atoms with Gasteiger partial charge < -0.3 is 14.3 Å². The molecule has 1 fully saturated rings. The molecule has 152 valence electrons. The van der Waals surface area contributed by atoms with E-state index in [1.807, 2.05) is 13.8 Å². The smallest absolute Gasteiger partial charge is 0.361 e. The minimum atomic E-state index is -4.48. The minimum absolute atomic E-state index is 0.0196. The second-order valence-corrected chi connectivity index (χ2v) is 7.10. The summed E-state index contributed by atoms with van der Waals surface area (Å²) in [5, 5.41) is 3.84. The molecule has 0 aliphatic carbocycles. The summed E-state index contributed by atoms with van der Waals surface area (Å²) in [6, 6.07) is 0.880. The summed E-state index contributed by atoms with van der Waals surface area (Å²) in [4.78, 5) is 19.9. The number of pyridine rings is 1. The first kappa shape index (κ1) is 20.4. The van der Waals surface area contributed by atoms with Crippen LogP contribution in [-0.4, -0.2) is 47.1 Å². The van der Waals surface area contributed by atoms with Gasteiger partial charge in [0.1, 0.15) is 11.6 Å². The van der Waals surface area contributed by atoms with Gasteiger partial charge in [-0.3, -0.25) is 4.79 Å². The van der Waals surface area contributed by atoms with Gasteiger partial charge in [0, 0.05) is 44.4 Å². The van der Waals surface area contributed by atoms with Crippen LogP contribution in [0.15, 0.2) is 16.8 Å². The number of aryl methyl sites for hydroxylation is 2. The molecule has 0 atom stereocenters. The Labute approximate surface area is 165 Å². The van der Waals surface area contributed by atoms with E-state index in [9.17, 15) is 18.0 Å². The zero-order chi connectivity index (χ0) is 20.5. The van der Waals surface area contributed by atoms with E-state index >= 15 is 0 Å². The summed E-state index contributed by atoms with van der Waals surface area (Å²) in [6.07, 6.45) is -2.79. The molecule has 0 radical (unpaired) electrons. The first-order valence-electron chi connectivity index (χ1n) is 8.84. The number of amides is 1. The zero-order valence-corrected chi connectivity index (χ0v) is 16.3. The van der Waals surface area contributed by atoms with Crippen LogP contribution in [0, 0.1) is 13.8 Å². The van der Waals surface area contributed by atoms with Gasteiger partial charge in [0.2, 0.25) is 5.91 Å². The van der Waals surface area contributed by atoms with Crippen molar-refractivity contribution >= 4 is 23.3 Å². The number of piperazine rings is 1. The lowest BCUT2D eigenvalue weighted by Gasteiger charge is -2.36. The van der Waals surface area contributed by atoms with E-state index in [1.165, 1.54) is 0 Å². The molecule has 1 saturated heterocycles. The van der Waals surface area contributed by atoms with Gasteiger partial charge in [-0.25, -0.2) is 4.98 Å². The van der Waals surface area contributed by atoms with Crippen LogP contribution in [0.2, 0.25) is 5.02 Å². The number of hydrogen-bond acceptors (Lipinski definition) is 5. The third-order valence-electron chi connectivity index (χ3n) is 4.85. The van der Waals surface area contributed by atoms with Gasteiger partial charge in [-0.2, -0.15) is 13.2 Å². The number of rotatable bonds is 4. The molecule has 0 spiro atoms. The molecule has 3 heterocycles. The van der Waals surface area contributed by atoms with Crippen LogP contribution in [0.1, 0.15) is 29.0 Å². The number of anilines is 1. The third-order valence-corrected chi connectivity index (χ3v) is 5.13. The van der Waals surface area contributed by atoms with E-state index in [1.54, 1.807) is 9.80 Å². The number of aromatic nitrogens is 2. The highest BCUT2D eigenvalue weighted by atomic mass is 35.5. The number of carbonyl (C=O) groups excluding carboxylic acids is 1. The summed E-state index contributed by atoms with van der Waals surface area (Å²) < 4.78 is 43.3. The number of hydrogen-bond donors (Lipinski definition) is 0. The summed E-state index contributed by atoms with van der Waals surface area (Å²) in [5.74, 6) is 1.04. The van der Waals surface area contributed by atoms with Gasteiger partial charge in [-0.15, -0.1) is 0 Å². The van der Waals surface area contributed by atoms with Crippen molar-refractivity contribution in [3.63, 3.8) is 0 Å². The van der Waals surface area contributed by atoms with E-state index in [2.05, 4.69) is 10.1 Å². The van der Waals surface area contributed by atoms with Crippen LogP contribution in [0.3, 0.4) is 0 Å². The second kappa shape index (κ2) is 7.98. The molecular weight excluding hydrogens is 397 g/mol. The number of halogens is 4. The van der Waals surface area contributed by atoms with E-state index in [-0.39, 0.29) is 10.9 Å². The first-order chi connectivity index (χ1) is 13.2. The molecule has 10 heteroatoms. The Kier molecular flexibility index (Phi) is 5.83. The van der Waals surface area contributed by atoms with Crippen LogP contribution in [0.25, 0.3) is 0 Å². The lowest BCUT2D eigenvalue weighted by molar-refractivity contribution is -0.137. The predicted molar refractivity (Wildman–Crippen MR) is 97.3 cm³/mol. The van der Waals surface area contributed by atoms with Gasteiger partial charge in [0.05, 0.1) is 16.3 Å². The fourth-order valence-electron chi connectivity index (χ4n) is 3.23. The molecule has 3 rings (SSSR count). The zero-order valence-electron chi connectivity index (χ0n) is 15.5. The molecule has 6 nitrogen and oxygen atoms in total. The maximum Gasteiger partial charge on any atom is 0.417 e. The lowest BCUT2D eigenvalue weighted by atomic mass is 10.1. The van der Waals surface area contributed by atoms with E-state index in [0.717, 1.165) is 29.3 Å². The second-order valence-electron chi connectivity index (χ2n) is 6.70. The Hall–Kier alpha value is -2.29. The number of nitrogens with zero attached hydrogens (tertiary/aromatic N) is 4. The topological polar surface area (TPSA) is 62.5 Å². The van der Waals surface area contributed by atoms with E-state index in [4.69, 9.17) is 16.1 Å². The molecule has 0 aromatic carbocycles. The van der Waals surface area contributed by atoms with Crippen molar-refractivity contribution in [1.82, 2.24) is 15.0 Å². The van der Waals surface area contributed by atoms with Crippen LogP contribution in [-0.2, 0) is 17.4 Å². The van der Waals surface area contributed by atoms with Crippen molar-refractivity contribution in [2.24, 2.45) is 0 Å². The minimum Gasteiger partial charge on any atom is -0.361 e. The van der Waals surface area contributed by atoms with Gasteiger partial charge in [-0.1, -0.05) is 16.8 Å². The molecular formula is C18H20ClF3N4O2. The fourth-order valence-corrected chi connectivity index (χ4v) is 3.52. The molecule has 1 aliphatic rings. The Morgan fingerprint density at radius 1 is 1.25 bits per heavy atom. The predicted octanol–water partition coefficient (Wildman–Crippen LogP) is 3.64. The van der Waals surface area contributed by atoms with Crippen molar-refractivity contribution in [2.45, 2.75) is 32.9 Å². The molecule has 0 N–H and O–H groups in total. The Morgan fingerprint density at radius 2 is 1.93 bits per heavy atom. The maximum atomic E-state index is 12.7. The summed E-state index contributed by atoms with van der Waals surface area (Å²) in [6.45, 7) is 5.48. The normalized spacial score (nSPS) is 15.2. The maximum absolute atomic E-state index is 12.7. The average Bonchev–Trinajstić information content (AvgIpc) is 2.97. The van der Waals surface area contributed by atoms with Crippen molar-refractivity contribution < 1.29 is 22.5 Å². The standard InChI is InChI=1S/C18H20ClF3N4O2/c1-11-14(12(2)28-24-11)3-4-16(27)25-5-7-26(8-6-25)17-15(19)9-13(10-23-17)18(20,21)22/h9-10H,3-8H2,1-2H3. The van der Waals surface area contributed by atoms with Crippen LogP contribution < -0.4 is 4.90 Å². The van der Waals surface area contributed by atoms with Crippen LogP contribution in [0.5, 0.6) is 0 Å². The first-order valence-corrected chi connectivity index (χ1v) is 9.22. The van der Waals surface area contributed by atoms with E-state index in [0.29, 0.717) is 44.8 Å². The van der Waals surface area contributed by atoms with Gasteiger partial charge in [0.25, 0.3) is 0 Å². The summed E-state index contributed by atoms with van der Waals surface area (Å²) in [7, 11) is 0. The summed E-state index contributed by atoms with van der Waals surface area (Å²) >= 11 is 6.00. The van der Waals surface area contributed by atoms with Crippen molar-refractivity contribution in [3.05, 3.63) is 39.9 Å². The third kappa shape index (κ3) is 4.40.